The van der Waals surface area contributed by atoms with E-state index in [4.69, 9.17) is 69.6 Å². The number of alkyl halides is 6. The quantitative estimate of drug-likeness (QED) is 0.322. The summed E-state index contributed by atoms with van der Waals surface area (Å²) in [7, 11) is 0. The average molecular weight is 363 g/mol. The second kappa shape index (κ2) is 10.5. The van der Waals surface area contributed by atoms with Gasteiger partial charge in [-0.25, -0.2) is 0 Å². The van der Waals surface area contributed by atoms with Crippen LogP contribution in [0.4, 0.5) is 0 Å². The molecule has 0 aromatic rings. The molecule has 104 valence electrons. The Morgan fingerprint density at radius 2 is 1.29 bits per heavy atom. The monoisotopic (exact) mass is 360 g/mol. The zero-order valence-electron chi connectivity index (χ0n) is 9.58. The summed E-state index contributed by atoms with van der Waals surface area (Å²) in [5.74, 6) is 0.517. The standard InChI is InChI=1S/C11H18Cl6/c12-8-10(14)5-3-1-2-4-9(13)6-7-11(15,16)17/h9-10H,1-8H2. The van der Waals surface area contributed by atoms with Crippen molar-refractivity contribution >= 4 is 69.6 Å². The Bertz CT molecular complexity index is 179. The van der Waals surface area contributed by atoms with Gasteiger partial charge in [0.2, 0.25) is 0 Å². The van der Waals surface area contributed by atoms with Crippen molar-refractivity contribution in [3.8, 4) is 0 Å². The van der Waals surface area contributed by atoms with E-state index in [2.05, 4.69) is 0 Å². The van der Waals surface area contributed by atoms with Gasteiger partial charge >= 0.3 is 0 Å². The van der Waals surface area contributed by atoms with Crippen LogP contribution >= 0.6 is 69.6 Å². The molecule has 0 rings (SSSR count). The molecule has 0 saturated carbocycles. The van der Waals surface area contributed by atoms with Crippen LogP contribution in [0.3, 0.4) is 0 Å². The van der Waals surface area contributed by atoms with Crippen molar-refractivity contribution in [2.45, 2.75) is 59.5 Å². The Morgan fingerprint density at radius 1 is 0.765 bits per heavy atom. The lowest BCUT2D eigenvalue weighted by molar-refractivity contribution is 0.574. The molecule has 0 bridgehead atoms. The highest BCUT2D eigenvalue weighted by atomic mass is 35.6. The van der Waals surface area contributed by atoms with Crippen molar-refractivity contribution in [1.82, 2.24) is 0 Å². The van der Waals surface area contributed by atoms with Gasteiger partial charge in [0.25, 0.3) is 0 Å². The van der Waals surface area contributed by atoms with Crippen molar-refractivity contribution in [2.75, 3.05) is 5.88 Å². The van der Waals surface area contributed by atoms with E-state index in [-0.39, 0.29) is 10.8 Å². The van der Waals surface area contributed by atoms with Gasteiger partial charge in [-0.15, -0.1) is 34.8 Å². The Kier molecular flexibility index (Phi) is 11.6. The van der Waals surface area contributed by atoms with E-state index in [1.165, 1.54) is 0 Å². The third-order valence-corrected chi connectivity index (χ3v) is 4.35. The molecule has 2 unspecified atom stereocenters. The second-order valence-electron chi connectivity index (χ2n) is 4.14. The van der Waals surface area contributed by atoms with Crippen LogP contribution in [0.5, 0.6) is 0 Å². The second-order valence-corrected chi connectivity index (χ2v) is 8.20. The minimum absolute atomic E-state index is 0.0884. The number of halogens is 6. The highest BCUT2D eigenvalue weighted by Gasteiger charge is 2.20. The average Bonchev–Trinajstić information content (AvgIpc) is 2.24. The summed E-state index contributed by atoms with van der Waals surface area (Å²) in [6, 6.07) is 0. The van der Waals surface area contributed by atoms with Crippen LogP contribution < -0.4 is 0 Å². The molecule has 0 aliphatic heterocycles. The topological polar surface area (TPSA) is 0 Å². The fourth-order valence-corrected chi connectivity index (χ4v) is 2.35. The first-order valence-corrected chi connectivity index (χ1v) is 8.30. The molecule has 0 fully saturated rings. The van der Waals surface area contributed by atoms with Crippen LogP contribution in [0, 0.1) is 0 Å². The van der Waals surface area contributed by atoms with Crippen molar-refractivity contribution in [3.05, 3.63) is 0 Å². The lowest BCUT2D eigenvalue weighted by Crippen LogP contribution is -2.07. The van der Waals surface area contributed by atoms with Gasteiger partial charge in [-0.3, -0.25) is 0 Å². The molecule has 0 spiro atoms. The van der Waals surface area contributed by atoms with Crippen molar-refractivity contribution in [2.24, 2.45) is 0 Å². The normalized spacial score (nSPS) is 15.9. The first kappa shape index (κ1) is 18.7. The molecule has 0 aromatic carbocycles. The maximum absolute atomic E-state index is 6.13. The highest BCUT2D eigenvalue weighted by molar-refractivity contribution is 6.67. The summed E-state index contributed by atoms with van der Waals surface area (Å²) in [6.07, 6.45) is 6.45. The smallest absolute Gasteiger partial charge is 0.125 e. The van der Waals surface area contributed by atoms with Crippen molar-refractivity contribution in [1.29, 1.82) is 0 Å². The fourth-order valence-electron chi connectivity index (χ4n) is 1.45. The summed E-state index contributed by atoms with van der Waals surface area (Å²) in [4.78, 5) is 0. The third-order valence-electron chi connectivity index (χ3n) is 2.44. The summed E-state index contributed by atoms with van der Waals surface area (Å²) in [5, 5.41) is 0.179. The van der Waals surface area contributed by atoms with Gasteiger partial charge in [0.1, 0.15) is 0 Å². The van der Waals surface area contributed by atoms with E-state index >= 15 is 0 Å². The van der Waals surface area contributed by atoms with Crippen LogP contribution in [0.15, 0.2) is 0 Å². The number of hydrogen-bond acceptors (Lipinski definition) is 0. The van der Waals surface area contributed by atoms with Crippen LogP contribution in [-0.2, 0) is 0 Å². The summed E-state index contributed by atoms with van der Waals surface area (Å²) in [6.45, 7) is 0. The van der Waals surface area contributed by atoms with E-state index in [0.717, 1.165) is 38.5 Å². The van der Waals surface area contributed by atoms with Crippen LogP contribution in [0.25, 0.3) is 0 Å². The maximum atomic E-state index is 6.13. The first-order chi connectivity index (χ1) is 7.85. The predicted octanol–water partition coefficient (Wildman–Crippen LogP) is 6.54. The van der Waals surface area contributed by atoms with Crippen LogP contribution in [0.1, 0.15) is 44.9 Å². The molecule has 17 heavy (non-hydrogen) atoms. The molecule has 0 aliphatic carbocycles. The van der Waals surface area contributed by atoms with Gasteiger partial charge in [0.05, 0.1) is 0 Å². The molecule has 0 aliphatic rings. The molecule has 0 radical (unpaired) electrons. The molecule has 0 saturated heterocycles. The Hall–Kier alpha value is 1.74. The van der Waals surface area contributed by atoms with Crippen molar-refractivity contribution < 1.29 is 0 Å². The maximum Gasteiger partial charge on any atom is 0.190 e. The van der Waals surface area contributed by atoms with E-state index in [1.807, 2.05) is 0 Å². The third kappa shape index (κ3) is 14.0. The lowest BCUT2D eigenvalue weighted by Gasteiger charge is -2.14. The van der Waals surface area contributed by atoms with E-state index in [0.29, 0.717) is 12.3 Å². The van der Waals surface area contributed by atoms with Crippen LogP contribution in [-0.4, -0.2) is 20.4 Å². The summed E-state index contributed by atoms with van der Waals surface area (Å²) in [5.41, 5.74) is 0. The molecule has 2 atom stereocenters. The first-order valence-electron chi connectivity index (χ1n) is 5.76. The molecule has 0 aromatic heterocycles. The Balaban J connectivity index is 3.36. The largest absolute Gasteiger partial charge is 0.190 e. The minimum atomic E-state index is -1.18. The predicted molar refractivity (Wildman–Crippen MR) is 82.6 cm³/mol. The van der Waals surface area contributed by atoms with Gasteiger partial charge in [-0.1, -0.05) is 54.1 Å². The highest BCUT2D eigenvalue weighted by Crippen LogP contribution is 2.33. The lowest BCUT2D eigenvalue weighted by atomic mass is 10.1. The number of unbranched alkanes of at least 4 members (excludes halogenated alkanes) is 2. The van der Waals surface area contributed by atoms with Gasteiger partial charge in [-0.2, -0.15) is 0 Å². The molecule has 6 heteroatoms. The SMILES string of the molecule is ClCC(Cl)CCCCCC(Cl)CCC(Cl)(Cl)Cl. The molecule has 0 N–H and O–H groups in total. The van der Waals surface area contributed by atoms with Gasteiger partial charge in [0, 0.05) is 16.6 Å². The Morgan fingerprint density at radius 3 is 1.76 bits per heavy atom. The molecule has 0 nitrogen and oxygen atoms in total. The van der Waals surface area contributed by atoms with Gasteiger partial charge in [0.15, 0.2) is 3.79 Å². The summed E-state index contributed by atoms with van der Waals surface area (Å²) < 4.78 is -1.18. The molecule has 0 heterocycles. The van der Waals surface area contributed by atoms with E-state index in [9.17, 15) is 0 Å². The van der Waals surface area contributed by atoms with E-state index < -0.39 is 3.79 Å². The zero-order valence-corrected chi connectivity index (χ0v) is 14.1. The number of rotatable bonds is 9. The molecular weight excluding hydrogens is 345 g/mol. The van der Waals surface area contributed by atoms with Crippen molar-refractivity contribution in [3.63, 3.8) is 0 Å². The summed E-state index contributed by atoms with van der Waals surface area (Å²) >= 11 is 34.6. The van der Waals surface area contributed by atoms with Gasteiger partial charge < -0.3 is 0 Å². The molecular formula is C11H18Cl6. The minimum Gasteiger partial charge on any atom is -0.125 e. The van der Waals surface area contributed by atoms with E-state index in [1.54, 1.807) is 0 Å². The molecule has 0 amide bonds. The zero-order chi connectivity index (χ0) is 13.3. The van der Waals surface area contributed by atoms with Crippen LogP contribution in [0.2, 0.25) is 0 Å². The van der Waals surface area contributed by atoms with Gasteiger partial charge in [-0.05, 0) is 25.7 Å². The number of hydrogen-bond donors (Lipinski definition) is 0. The Labute approximate surface area is 134 Å². The fraction of sp³-hybridized carbons (Fsp3) is 1.00.